The standard InChI is InChI=1S/C16H19BrN2/c1-11-7-14(17)16(19(2)10-11)8-12-9-18-15-6-4-3-5-13(12)15/h3-7,9,11,16,18H,8,10H2,1-2H3/t11-,16-/m1/s1. The summed E-state index contributed by atoms with van der Waals surface area (Å²) in [5.74, 6) is 0.624. The predicted molar refractivity (Wildman–Crippen MR) is 84.6 cm³/mol. The van der Waals surface area contributed by atoms with Crippen molar-refractivity contribution >= 4 is 26.8 Å². The van der Waals surface area contributed by atoms with Gasteiger partial charge in [-0.05, 0) is 31.0 Å². The second-order valence-electron chi connectivity index (χ2n) is 5.55. The van der Waals surface area contributed by atoms with Crippen LogP contribution in [-0.4, -0.2) is 29.5 Å². The highest BCUT2D eigenvalue weighted by Gasteiger charge is 2.25. The Hall–Kier alpha value is -1.06. The van der Waals surface area contributed by atoms with E-state index in [0.29, 0.717) is 12.0 Å². The van der Waals surface area contributed by atoms with Crippen molar-refractivity contribution in [1.29, 1.82) is 0 Å². The van der Waals surface area contributed by atoms with Gasteiger partial charge in [-0.25, -0.2) is 0 Å². The molecule has 0 saturated carbocycles. The van der Waals surface area contributed by atoms with Crippen molar-refractivity contribution in [3.05, 3.63) is 46.6 Å². The first-order chi connectivity index (χ1) is 9.15. The van der Waals surface area contributed by atoms with E-state index in [1.807, 2.05) is 0 Å². The molecule has 0 bridgehead atoms. The number of fused-ring (bicyclic) bond motifs is 1. The maximum Gasteiger partial charge on any atom is 0.0456 e. The monoisotopic (exact) mass is 318 g/mol. The summed E-state index contributed by atoms with van der Waals surface area (Å²) < 4.78 is 1.32. The van der Waals surface area contributed by atoms with Gasteiger partial charge in [0.2, 0.25) is 0 Å². The summed E-state index contributed by atoms with van der Waals surface area (Å²) in [4.78, 5) is 5.80. The van der Waals surface area contributed by atoms with Crippen LogP contribution in [0, 0.1) is 5.92 Å². The van der Waals surface area contributed by atoms with Crippen LogP contribution < -0.4 is 0 Å². The first kappa shape index (κ1) is 12.9. The van der Waals surface area contributed by atoms with E-state index < -0.39 is 0 Å². The van der Waals surface area contributed by atoms with E-state index in [4.69, 9.17) is 0 Å². The summed E-state index contributed by atoms with van der Waals surface area (Å²) in [7, 11) is 2.21. The lowest BCUT2D eigenvalue weighted by Gasteiger charge is -2.34. The molecule has 0 aliphatic carbocycles. The molecule has 0 amide bonds. The number of nitrogens with zero attached hydrogens (tertiary/aromatic N) is 1. The number of benzene rings is 1. The van der Waals surface area contributed by atoms with Gasteiger partial charge < -0.3 is 4.98 Å². The summed E-state index contributed by atoms with van der Waals surface area (Å²) in [5, 5.41) is 1.34. The lowest BCUT2D eigenvalue weighted by molar-refractivity contribution is 0.241. The smallest absolute Gasteiger partial charge is 0.0456 e. The van der Waals surface area contributed by atoms with Crippen LogP contribution in [0.2, 0.25) is 0 Å². The van der Waals surface area contributed by atoms with Gasteiger partial charge in [-0.3, -0.25) is 4.90 Å². The normalized spacial score (nSPS) is 24.7. The Kier molecular flexibility index (Phi) is 3.50. The molecule has 1 N–H and O–H groups in total. The van der Waals surface area contributed by atoms with Crippen LogP contribution in [0.15, 0.2) is 41.0 Å². The number of halogens is 1. The lowest BCUT2D eigenvalue weighted by Crippen LogP contribution is -2.39. The molecule has 2 aromatic rings. The molecule has 2 heterocycles. The van der Waals surface area contributed by atoms with Crippen molar-refractivity contribution in [3.63, 3.8) is 0 Å². The molecule has 19 heavy (non-hydrogen) atoms. The Morgan fingerprint density at radius 3 is 2.95 bits per heavy atom. The molecule has 3 heteroatoms. The fraction of sp³-hybridized carbons (Fsp3) is 0.375. The highest BCUT2D eigenvalue weighted by molar-refractivity contribution is 9.11. The van der Waals surface area contributed by atoms with Crippen LogP contribution in [0.4, 0.5) is 0 Å². The molecular weight excluding hydrogens is 300 g/mol. The number of aromatic amines is 1. The van der Waals surface area contributed by atoms with Crippen LogP contribution in [0.5, 0.6) is 0 Å². The third-order valence-corrected chi connectivity index (χ3v) is 4.75. The topological polar surface area (TPSA) is 19.0 Å². The summed E-state index contributed by atoms with van der Waals surface area (Å²) in [6.45, 7) is 3.39. The number of hydrogen-bond acceptors (Lipinski definition) is 1. The summed E-state index contributed by atoms with van der Waals surface area (Å²) in [5.41, 5.74) is 2.62. The number of para-hydroxylation sites is 1. The number of hydrogen-bond donors (Lipinski definition) is 1. The molecule has 1 aliphatic heterocycles. The molecule has 0 radical (unpaired) electrons. The molecule has 3 rings (SSSR count). The number of likely N-dealkylation sites (N-methyl/N-ethyl adjacent to an activating group) is 1. The predicted octanol–water partition coefficient (Wildman–Crippen LogP) is 3.94. The molecule has 1 aromatic heterocycles. The van der Waals surface area contributed by atoms with Gasteiger partial charge in [-0.2, -0.15) is 0 Å². The summed E-state index contributed by atoms with van der Waals surface area (Å²) >= 11 is 3.75. The Morgan fingerprint density at radius 2 is 2.16 bits per heavy atom. The van der Waals surface area contributed by atoms with Crippen LogP contribution in [0.25, 0.3) is 10.9 Å². The van der Waals surface area contributed by atoms with Gasteiger partial charge in [0.1, 0.15) is 0 Å². The van der Waals surface area contributed by atoms with E-state index in [0.717, 1.165) is 13.0 Å². The second kappa shape index (κ2) is 5.14. The number of H-pyrrole nitrogens is 1. The van der Waals surface area contributed by atoms with Crippen molar-refractivity contribution in [2.45, 2.75) is 19.4 Å². The van der Waals surface area contributed by atoms with E-state index in [-0.39, 0.29) is 0 Å². The molecule has 0 saturated heterocycles. The minimum Gasteiger partial charge on any atom is -0.361 e. The zero-order valence-corrected chi connectivity index (χ0v) is 12.9. The van der Waals surface area contributed by atoms with Gasteiger partial charge >= 0.3 is 0 Å². The van der Waals surface area contributed by atoms with Crippen LogP contribution in [0.1, 0.15) is 12.5 Å². The van der Waals surface area contributed by atoms with Gasteiger partial charge in [0.15, 0.2) is 0 Å². The maximum atomic E-state index is 3.75. The minimum atomic E-state index is 0.454. The van der Waals surface area contributed by atoms with Crippen molar-refractivity contribution in [2.75, 3.05) is 13.6 Å². The molecule has 2 atom stereocenters. The average molecular weight is 319 g/mol. The lowest BCUT2D eigenvalue weighted by atomic mass is 9.97. The highest BCUT2D eigenvalue weighted by atomic mass is 79.9. The molecule has 100 valence electrons. The fourth-order valence-corrected chi connectivity index (χ4v) is 3.95. The third-order valence-electron chi connectivity index (χ3n) is 3.96. The van der Waals surface area contributed by atoms with Crippen LogP contribution in [0.3, 0.4) is 0 Å². The van der Waals surface area contributed by atoms with Gasteiger partial charge in [-0.1, -0.05) is 47.1 Å². The Bertz CT molecular complexity index is 614. The minimum absolute atomic E-state index is 0.454. The largest absolute Gasteiger partial charge is 0.361 e. The molecule has 1 aliphatic rings. The Labute approximate surface area is 122 Å². The van der Waals surface area contributed by atoms with Gasteiger partial charge in [-0.15, -0.1) is 0 Å². The molecule has 0 unspecified atom stereocenters. The van der Waals surface area contributed by atoms with Crippen molar-refractivity contribution in [3.8, 4) is 0 Å². The van der Waals surface area contributed by atoms with Crippen LogP contribution >= 0.6 is 15.9 Å². The molecule has 0 spiro atoms. The first-order valence-electron chi connectivity index (χ1n) is 6.77. The zero-order valence-electron chi connectivity index (χ0n) is 11.4. The van der Waals surface area contributed by atoms with Crippen molar-refractivity contribution in [2.24, 2.45) is 5.92 Å². The zero-order chi connectivity index (χ0) is 13.4. The highest BCUT2D eigenvalue weighted by Crippen LogP contribution is 2.29. The van der Waals surface area contributed by atoms with Crippen LogP contribution in [-0.2, 0) is 6.42 Å². The quantitative estimate of drug-likeness (QED) is 0.888. The number of nitrogens with one attached hydrogen (secondary N) is 1. The molecular formula is C16H19BrN2. The fourth-order valence-electron chi connectivity index (χ4n) is 2.99. The number of rotatable bonds is 2. The van der Waals surface area contributed by atoms with E-state index in [1.54, 1.807) is 0 Å². The second-order valence-corrected chi connectivity index (χ2v) is 6.46. The van der Waals surface area contributed by atoms with Gasteiger partial charge in [0, 0.05) is 34.2 Å². The molecule has 0 fully saturated rings. The number of aromatic nitrogens is 1. The van der Waals surface area contributed by atoms with Crippen molar-refractivity contribution < 1.29 is 0 Å². The van der Waals surface area contributed by atoms with Gasteiger partial charge in [0.25, 0.3) is 0 Å². The van der Waals surface area contributed by atoms with E-state index >= 15 is 0 Å². The van der Waals surface area contributed by atoms with E-state index in [9.17, 15) is 0 Å². The molecule has 2 nitrogen and oxygen atoms in total. The summed E-state index contributed by atoms with van der Waals surface area (Å²) in [6, 6.07) is 8.97. The Morgan fingerprint density at radius 1 is 1.37 bits per heavy atom. The van der Waals surface area contributed by atoms with E-state index in [2.05, 4.69) is 76.3 Å². The van der Waals surface area contributed by atoms with Gasteiger partial charge in [0.05, 0.1) is 0 Å². The molecule has 1 aromatic carbocycles. The van der Waals surface area contributed by atoms with Crippen molar-refractivity contribution in [1.82, 2.24) is 9.88 Å². The average Bonchev–Trinajstić information content (AvgIpc) is 2.77. The Balaban J connectivity index is 1.90. The SMILES string of the molecule is C[C@@H]1C=C(Br)[C@@H](Cc2c[nH]c3ccccc23)N(C)C1. The summed E-state index contributed by atoms with van der Waals surface area (Å²) in [6.07, 6.45) is 5.54. The third kappa shape index (κ3) is 2.49. The van der Waals surface area contributed by atoms with E-state index in [1.165, 1.54) is 20.9 Å². The maximum absolute atomic E-state index is 3.75. The first-order valence-corrected chi connectivity index (χ1v) is 7.57.